The zero-order chi connectivity index (χ0) is 15.4. The van der Waals surface area contributed by atoms with Gasteiger partial charge in [0.2, 0.25) is 0 Å². The molecular weight excluding hydrogens is 286 g/mol. The molecule has 8 nitrogen and oxygen atoms in total. The SMILES string of the molecule is O=C(O)c1[nH]ncc1CN1CCCO[C@@H](Cn2cccn2)C1. The van der Waals surface area contributed by atoms with Crippen LogP contribution in [0.15, 0.2) is 24.7 Å². The molecular formula is C14H19N5O3. The van der Waals surface area contributed by atoms with Gasteiger partial charge in [-0.05, 0) is 12.5 Å². The largest absolute Gasteiger partial charge is 0.477 e. The molecule has 0 amide bonds. The van der Waals surface area contributed by atoms with Crippen molar-refractivity contribution in [2.45, 2.75) is 25.6 Å². The highest BCUT2D eigenvalue weighted by Crippen LogP contribution is 2.14. The van der Waals surface area contributed by atoms with E-state index >= 15 is 0 Å². The lowest BCUT2D eigenvalue weighted by molar-refractivity contribution is 0.0390. The van der Waals surface area contributed by atoms with Crippen molar-refractivity contribution in [2.24, 2.45) is 0 Å². The van der Waals surface area contributed by atoms with E-state index in [1.807, 2.05) is 16.9 Å². The summed E-state index contributed by atoms with van der Waals surface area (Å²) in [5, 5.41) is 19.7. The van der Waals surface area contributed by atoms with Crippen LogP contribution in [-0.2, 0) is 17.8 Å². The second-order valence-electron chi connectivity index (χ2n) is 5.38. The number of ether oxygens (including phenoxy) is 1. The summed E-state index contributed by atoms with van der Waals surface area (Å²) in [5.41, 5.74) is 0.862. The fraction of sp³-hybridized carbons (Fsp3) is 0.500. The highest BCUT2D eigenvalue weighted by Gasteiger charge is 2.22. The minimum absolute atomic E-state index is 0.0441. The van der Waals surface area contributed by atoms with Gasteiger partial charge in [-0.2, -0.15) is 10.2 Å². The van der Waals surface area contributed by atoms with Crippen molar-refractivity contribution in [3.8, 4) is 0 Å². The van der Waals surface area contributed by atoms with E-state index in [0.717, 1.165) is 19.5 Å². The predicted molar refractivity (Wildman–Crippen MR) is 77.4 cm³/mol. The van der Waals surface area contributed by atoms with Gasteiger partial charge >= 0.3 is 5.97 Å². The van der Waals surface area contributed by atoms with E-state index in [1.54, 1.807) is 12.4 Å². The Labute approximate surface area is 127 Å². The number of carboxylic acids is 1. The number of hydrogen-bond acceptors (Lipinski definition) is 5. The van der Waals surface area contributed by atoms with E-state index in [-0.39, 0.29) is 11.8 Å². The average Bonchev–Trinajstić information content (AvgIpc) is 3.09. The lowest BCUT2D eigenvalue weighted by atomic mass is 10.2. The third-order valence-corrected chi connectivity index (χ3v) is 3.71. The molecule has 0 bridgehead atoms. The Morgan fingerprint density at radius 3 is 3.23 bits per heavy atom. The van der Waals surface area contributed by atoms with Crippen LogP contribution in [0.3, 0.4) is 0 Å². The van der Waals surface area contributed by atoms with Gasteiger partial charge in [0.15, 0.2) is 0 Å². The molecule has 1 aliphatic rings. The normalized spacial score (nSPS) is 19.9. The molecule has 0 aliphatic carbocycles. The van der Waals surface area contributed by atoms with Crippen LogP contribution in [0.2, 0.25) is 0 Å². The number of aromatic nitrogens is 4. The summed E-state index contributed by atoms with van der Waals surface area (Å²) in [5.74, 6) is -0.980. The van der Waals surface area contributed by atoms with Crippen LogP contribution < -0.4 is 0 Å². The summed E-state index contributed by atoms with van der Waals surface area (Å²) >= 11 is 0. The lowest BCUT2D eigenvalue weighted by Gasteiger charge is -2.23. The van der Waals surface area contributed by atoms with Gasteiger partial charge in [-0.1, -0.05) is 0 Å². The van der Waals surface area contributed by atoms with Crippen molar-refractivity contribution >= 4 is 5.97 Å². The summed E-state index contributed by atoms with van der Waals surface area (Å²) < 4.78 is 7.72. The number of hydrogen-bond donors (Lipinski definition) is 2. The van der Waals surface area contributed by atoms with E-state index < -0.39 is 5.97 Å². The maximum atomic E-state index is 11.1. The van der Waals surface area contributed by atoms with Crippen LogP contribution in [0.1, 0.15) is 22.5 Å². The standard InChI is InChI=1S/C14H19N5O3/c20-14(21)13-11(7-15-17-13)8-18-4-2-6-22-12(9-18)10-19-5-1-3-16-19/h1,3,5,7,12H,2,4,6,8-10H2,(H,15,17)(H,20,21)/t12-/m1/s1. The third-order valence-electron chi connectivity index (χ3n) is 3.71. The quantitative estimate of drug-likeness (QED) is 0.839. The van der Waals surface area contributed by atoms with Crippen LogP contribution in [0, 0.1) is 0 Å². The topological polar surface area (TPSA) is 96.3 Å². The predicted octanol–water partition coefficient (Wildman–Crippen LogP) is 0.595. The van der Waals surface area contributed by atoms with Crippen LogP contribution in [0.4, 0.5) is 0 Å². The Balaban J connectivity index is 1.65. The van der Waals surface area contributed by atoms with Gasteiger partial charge in [0.1, 0.15) is 5.69 Å². The lowest BCUT2D eigenvalue weighted by Crippen LogP contribution is -2.34. The zero-order valence-corrected chi connectivity index (χ0v) is 12.2. The molecule has 0 spiro atoms. The number of carbonyl (C=O) groups is 1. The van der Waals surface area contributed by atoms with Crippen molar-refractivity contribution in [3.05, 3.63) is 35.9 Å². The zero-order valence-electron chi connectivity index (χ0n) is 12.2. The molecule has 118 valence electrons. The maximum absolute atomic E-state index is 11.1. The van der Waals surface area contributed by atoms with Crippen molar-refractivity contribution in [1.82, 2.24) is 24.9 Å². The molecule has 1 saturated heterocycles. The van der Waals surface area contributed by atoms with Gasteiger partial charge in [-0.15, -0.1) is 0 Å². The number of nitrogens with one attached hydrogen (secondary N) is 1. The van der Waals surface area contributed by atoms with E-state index in [0.29, 0.717) is 25.3 Å². The molecule has 0 radical (unpaired) electrons. The van der Waals surface area contributed by atoms with E-state index in [4.69, 9.17) is 9.84 Å². The number of aromatic carboxylic acids is 1. The first-order valence-electron chi connectivity index (χ1n) is 7.29. The summed E-state index contributed by atoms with van der Waals surface area (Å²) in [6, 6.07) is 1.89. The van der Waals surface area contributed by atoms with Crippen LogP contribution in [0.25, 0.3) is 0 Å². The first kappa shape index (κ1) is 14.7. The number of aromatic amines is 1. The van der Waals surface area contributed by atoms with Crippen molar-refractivity contribution in [1.29, 1.82) is 0 Å². The molecule has 2 aromatic rings. The van der Waals surface area contributed by atoms with Gasteiger partial charge in [-0.25, -0.2) is 4.79 Å². The van der Waals surface area contributed by atoms with Crippen molar-refractivity contribution in [3.63, 3.8) is 0 Å². The Hall–Kier alpha value is -2.19. The molecule has 1 aliphatic heterocycles. The third kappa shape index (κ3) is 3.52. The molecule has 0 aromatic carbocycles. The van der Waals surface area contributed by atoms with Gasteiger partial charge in [0.25, 0.3) is 0 Å². The Kier molecular flexibility index (Phi) is 4.50. The highest BCUT2D eigenvalue weighted by atomic mass is 16.5. The molecule has 8 heteroatoms. The molecule has 22 heavy (non-hydrogen) atoms. The minimum atomic E-state index is -0.980. The summed E-state index contributed by atoms with van der Waals surface area (Å²) in [6.45, 7) is 3.57. The van der Waals surface area contributed by atoms with E-state index in [1.165, 1.54) is 0 Å². The summed E-state index contributed by atoms with van der Waals surface area (Å²) in [4.78, 5) is 13.3. The van der Waals surface area contributed by atoms with Gasteiger partial charge < -0.3 is 9.84 Å². The first-order chi connectivity index (χ1) is 10.7. The Morgan fingerprint density at radius 2 is 2.45 bits per heavy atom. The van der Waals surface area contributed by atoms with Crippen LogP contribution in [-0.4, -0.2) is 61.8 Å². The number of nitrogens with zero attached hydrogens (tertiary/aromatic N) is 4. The van der Waals surface area contributed by atoms with Gasteiger partial charge in [0.05, 0.1) is 18.8 Å². The van der Waals surface area contributed by atoms with Gasteiger partial charge in [-0.3, -0.25) is 14.7 Å². The number of carboxylic acid groups (broad SMARTS) is 1. The summed E-state index contributed by atoms with van der Waals surface area (Å²) in [7, 11) is 0. The van der Waals surface area contributed by atoms with Gasteiger partial charge in [0, 0.05) is 44.2 Å². The maximum Gasteiger partial charge on any atom is 0.354 e. The molecule has 2 aromatic heterocycles. The second-order valence-corrected chi connectivity index (χ2v) is 5.38. The molecule has 3 heterocycles. The molecule has 2 N–H and O–H groups in total. The number of rotatable bonds is 5. The highest BCUT2D eigenvalue weighted by molar-refractivity contribution is 5.86. The van der Waals surface area contributed by atoms with Crippen molar-refractivity contribution in [2.75, 3.05) is 19.7 Å². The summed E-state index contributed by atoms with van der Waals surface area (Å²) in [6.07, 6.45) is 6.21. The van der Waals surface area contributed by atoms with E-state index in [9.17, 15) is 4.79 Å². The molecule has 1 fully saturated rings. The average molecular weight is 305 g/mol. The van der Waals surface area contributed by atoms with Crippen molar-refractivity contribution < 1.29 is 14.6 Å². The van der Waals surface area contributed by atoms with Crippen LogP contribution >= 0.6 is 0 Å². The van der Waals surface area contributed by atoms with E-state index in [2.05, 4.69) is 20.2 Å². The minimum Gasteiger partial charge on any atom is -0.477 e. The fourth-order valence-electron chi connectivity index (χ4n) is 2.70. The smallest absolute Gasteiger partial charge is 0.354 e. The monoisotopic (exact) mass is 305 g/mol. The molecule has 1 atom stereocenters. The molecule has 0 saturated carbocycles. The fourth-order valence-corrected chi connectivity index (χ4v) is 2.70. The molecule has 3 rings (SSSR count). The van der Waals surface area contributed by atoms with Crippen LogP contribution in [0.5, 0.6) is 0 Å². The Morgan fingerprint density at radius 1 is 1.55 bits per heavy atom. The second kappa shape index (κ2) is 6.71. The first-order valence-corrected chi connectivity index (χ1v) is 7.29. The number of H-pyrrole nitrogens is 1. The molecule has 0 unspecified atom stereocenters. The Bertz CT molecular complexity index is 610.